The van der Waals surface area contributed by atoms with E-state index in [4.69, 9.17) is 14.3 Å². The first-order valence-electron chi connectivity index (χ1n) is 9.51. The molecule has 9 heteroatoms. The van der Waals surface area contributed by atoms with Gasteiger partial charge in [-0.1, -0.05) is 48.5 Å². The molecule has 0 fully saturated rings. The molecule has 4 rings (SSSR count). The number of nitrogens with one attached hydrogen (secondary N) is 1. The highest BCUT2D eigenvalue weighted by Gasteiger charge is 2.30. The Hall–Kier alpha value is -4.14. The lowest BCUT2D eigenvalue weighted by Crippen LogP contribution is -2.31. The third-order valence-corrected chi connectivity index (χ3v) is 5.15. The maximum Gasteiger partial charge on any atom is 0.433 e. The lowest BCUT2D eigenvalue weighted by atomic mass is 9.98. The molecule has 2 N–H and O–H groups in total. The fraction of sp³-hybridized carbons (Fsp3) is 0.182. The summed E-state index contributed by atoms with van der Waals surface area (Å²) in [6.07, 6.45) is -1.36. The standard InChI is InChI=1S/C22H18N2O7/c25-21(26)11-18(19-9-10-20(31-19)24(28)29)23-22(27)30-12-17-15-7-3-1-5-13(15)14-6-2-4-8-16(14)17/h1-10,17-18H,11-12H2,(H,23,27)(H,25,26)/t18-/m1/s1. The van der Waals surface area contributed by atoms with Crippen LogP contribution in [0.4, 0.5) is 10.7 Å². The fourth-order valence-electron chi connectivity index (χ4n) is 3.81. The summed E-state index contributed by atoms with van der Waals surface area (Å²) in [6, 6.07) is 17.0. The summed E-state index contributed by atoms with van der Waals surface area (Å²) in [6.45, 7) is 0.0535. The average molecular weight is 422 g/mol. The summed E-state index contributed by atoms with van der Waals surface area (Å²) in [5.41, 5.74) is 4.25. The first-order chi connectivity index (χ1) is 14.9. The van der Waals surface area contributed by atoms with E-state index in [1.54, 1.807) is 0 Å². The lowest BCUT2D eigenvalue weighted by molar-refractivity contribution is -0.402. The number of aliphatic carboxylic acids is 1. The van der Waals surface area contributed by atoms with Crippen LogP contribution < -0.4 is 5.32 Å². The van der Waals surface area contributed by atoms with Crippen LogP contribution in [0.5, 0.6) is 0 Å². The van der Waals surface area contributed by atoms with E-state index in [9.17, 15) is 19.7 Å². The van der Waals surface area contributed by atoms with Crippen LogP contribution in [0, 0.1) is 10.1 Å². The molecule has 31 heavy (non-hydrogen) atoms. The number of carbonyl (C=O) groups excluding carboxylic acids is 1. The maximum atomic E-state index is 12.4. The molecule has 0 radical (unpaired) electrons. The van der Waals surface area contributed by atoms with Crippen molar-refractivity contribution >= 4 is 17.9 Å². The minimum Gasteiger partial charge on any atom is -0.481 e. The second kappa shape index (κ2) is 8.31. The van der Waals surface area contributed by atoms with E-state index in [-0.39, 0.29) is 18.3 Å². The second-order valence-corrected chi connectivity index (χ2v) is 7.05. The number of carboxylic acid groups (broad SMARTS) is 1. The Bertz CT molecular complexity index is 1110. The van der Waals surface area contributed by atoms with Crippen LogP contribution >= 0.6 is 0 Å². The zero-order chi connectivity index (χ0) is 22.0. The number of amides is 1. The van der Waals surface area contributed by atoms with Crippen molar-refractivity contribution in [3.63, 3.8) is 0 Å². The van der Waals surface area contributed by atoms with Gasteiger partial charge in [-0.3, -0.25) is 14.9 Å². The Morgan fingerprint density at radius 1 is 1.06 bits per heavy atom. The topological polar surface area (TPSA) is 132 Å². The van der Waals surface area contributed by atoms with E-state index in [2.05, 4.69) is 5.32 Å². The summed E-state index contributed by atoms with van der Waals surface area (Å²) in [5, 5.41) is 22.4. The number of hydrogen-bond donors (Lipinski definition) is 2. The van der Waals surface area contributed by atoms with Gasteiger partial charge >= 0.3 is 17.9 Å². The van der Waals surface area contributed by atoms with Crippen LogP contribution in [0.2, 0.25) is 0 Å². The molecule has 9 nitrogen and oxygen atoms in total. The number of furan rings is 1. The summed E-state index contributed by atoms with van der Waals surface area (Å²) in [4.78, 5) is 33.7. The highest BCUT2D eigenvalue weighted by atomic mass is 16.6. The largest absolute Gasteiger partial charge is 0.481 e. The molecule has 2 aromatic carbocycles. The molecule has 0 unspecified atom stereocenters. The van der Waals surface area contributed by atoms with Crippen LogP contribution in [0.1, 0.15) is 35.3 Å². The van der Waals surface area contributed by atoms with Gasteiger partial charge in [-0.25, -0.2) is 4.79 Å². The molecule has 1 amide bonds. The Kier molecular flexibility index (Phi) is 5.40. The number of ether oxygens (including phenoxy) is 1. The van der Waals surface area contributed by atoms with Gasteiger partial charge in [0.1, 0.15) is 23.3 Å². The predicted octanol–water partition coefficient (Wildman–Crippen LogP) is 4.24. The van der Waals surface area contributed by atoms with Gasteiger partial charge in [0.2, 0.25) is 0 Å². The van der Waals surface area contributed by atoms with Gasteiger partial charge in [0.05, 0.1) is 12.5 Å². The average Bonchev–Trinajstić information content (AvgIpc) is 3.35. The van der Waals surface area contributed by atoms with Crippen LogP contribution in [-0.4, -0.2) is 28.7 Å². The van der Waals surface area contributed by atoms with Crippen LogP contribution in [0.3, 0.4) is 0 Å². The Labute approximate surface area is 176 Å². The molecule has 3 aromatic rings. The highest BCUT2D eigenvalue weighted by Crippen LogP contribution is 2.44. The lowest BCUT2D eigenvalue weighted by Gasteiger charge is -2.17. The van der Waals surface area contributed by atoms with Crippen molar-refractivity contribution in [2.24, 2.45) is 0 Å². The molecule has 0 saturated carbocycles. The number of carbonyl (C=O) groups is 2. The summed E-state index contributed by atoms with van der Waals surface area (Å²) < 4.78 is 10.5. The van der Waals surface area contributed by atoms with E-state index < -0.39 is 35.3 Å². The zero-order valence-electron chi connectivity index (χ0n) is 16.2. The Morgan fingerprint density at radius 3 is 2.23 bits per heavy atom. The van der Waals surface area contributed by atoms with Crippen molar-refractivity contribution in [3.8, 4) is 11.1 Å². The fourth-order valence-corrected chi connectivity index (χ4v) is 3.81. The minimum absolute atomic E-state index is 0.0393. The Balaban J connectivity index is 1.47. The van der Waals surface area contributed by atoms with Crippen molar-refractivity contribution in [3.05, 3.63) is 87.7 Å². The molecule has 0 spiro atoms. The smallest absolute Gasteiger partial charge is 0.433 e. The van der Waals surface area contributed by atoms with Crippen LogP contribution in [0.15, 0.2) is 65.1 Å². The van der Waals surface area contributed by atoms with Crippen LogP contribution in [0.25, 0.3) is 11.1 Å². The number of benzene rings is 2. The molecule has 1 aliphatic rings. The molecule has 1 aromatic heterocycles. The predicted molar refractivity (Wildman–Crippen MR) is 109 cm³/mol. The molecular formula is C22H18N2O7. The van der Waals surface area contributed by atoms with Gasteiger partial charge < -0.3 is 19.6 Å². The van der Waals surface area contributed by atoms with E-state index in [0.717, 1.165) is 28.3 Å². The van der Waals surface area contributed by atoms with Crippen molar-refractivity contribution in [2.45, 2.75) is 18.4 Å². The normalized spacial score (nSPS) is 13.2. The van der Waals surface area contributed by atoms with E-state index in [1.807, 2.05) is 48.5 Å². The van der Waals surface area contributed by atoms with Crippen molar-refractivity contribution in [1.82, 2.24) is 5.32 Å². The SMILES string of the molecule is O=C(O)C[C@@H](NC(=O)OCC1c2ccccc2-c2ccccc21)c1ccc([N+](=O)[O-])o1. The molecule has 1 atom stereocenters. The molecule has 1 aliphatic carbocycles. The first-order valence-corrected chi connectivity index (χ1v) is 9.51. The van der Waals surface area contributed by atoms with Gasteiger partial charge in [0.15, 0.2) is 0 Å². The van der Waals surface area contributed by atoms with Gasteiger partial charge in [-0.2, -0.15) is 0 Å². The van der Waals surface area contributed by atoms with E-state index >= 15 is 0 Å². The summed E-state index contributed by atoms with van der Waals surface area (Å²) in [7, 11) is 0. The zero-order valence-corrected chi connectivity index (χ0v) is 16.2. The number of hydrogen-bond acceptors (Lipinski definition) is 6. The van der Waals surface area contributed by atoms with E-state index in [0.29, 0.717) is 0 Å². The molecule has 0 bridgehead atoms. The van der Waals surface area contributed by atoms with Gasteiger partial charge in [0, 0.05) is 5.92 Å². The Morgan fingerprint density at radius 2 is 1.68 bits per heavy atom. The number of nitro groups is 1. The number of fused-ring (bicyclic) bond motifs is 3. The number of rotatable bonds is 7. The third kappa shape index (κ3) is 4.11. The van der Waals surface area contributed by atoms with Crippen LogP contribution in [-0.2, 0) is 9.53 Å². The second-order valence-electron chi connectivity index (χ2n) is 7.05. The molecule has 158 valence electrons. The van der Waals surface area contributed by atoms with Crippen molar-refractivity contribution < 1.29 is 28.8 Å². The third-order valence-electron chi connectivity index (χ3n) is 5.15. The van der Waals surface area contributed by atoms with Gasteiger partial charge in [-0.15, -0.1) is 0 Å². The van der Waals surface area contributed by atoms with E-state index in [1.165, 1.54) is 6.07 Å². The van der Waals surface area contributed by atoms with Gasteiger partial charge in [-0.05, 0) is 28.3 Å². The molecule has 0 aliphatic heterocycles. The van der Waals surface area contributed by atoms with Crippen molar-refractivity contribution in [2.75, 3.05) is 6.61 Å². The highest BCUT2D eigenvalue weighted by molar-refractivity contribution is 5.79. The number of alkyl carbamates (subject to hydrolysis) is 1. The summed E-state index contributed by atoms with van der Waals surface area (Å²) >= 11 is 0. The number of nitrogens with zero attached hydrogens (tertiary/aromatic N) is 1. The molecule has 0 saturated heterocycles. The number of carboxylic acids is 1. The van der Waals surface area contributed by atoms with Crippen molar-refractivity contribution in [1.29, 1.82) is 0 Å². The molecule has 1 heterocycles. The monoisotopic (exact) mass is 422 g/mol. The van der Waals surface area contributed by atoms with Gasteiger partial charge in [0.25, 0.3) is 0 Å². The summed E-state index contributed by atoms with van der Waals surface area (Å²) in [5.74, 6) is -1.94. The first kappa shape index (κ1) is 20.1. The maximum absolute atomic E-state index is 12.4. The molecular weight excluding hydrogens is 404 g/mol. The quantitative estimate of drug-likeness (QED) is 0.430. The minimum atomic E-state index is -1.21.